The van der Waals surface area contributed by atoms with Crippen molar-refractivity contribution < 1.29 is 9.53 Å². The van der Waals surface area contributed by atoms with Gasteiger partial charge in [0.1, 0.15) is 0 Å². The predicted octanol–water partition coefficient (Wildman–Crippen LogP) is 7.23. The zero-order valence-corrected chi connectivity index (χ0v) is 22.7. The monoisotopic (exact) mass is 468 g/mol. The van der Waals surface area contributed by atoms with E-state index >= 15 is 0 Å². The van der Waals surface area contributed by atoms with Crippen LogP contribution in [0.15, 0.2) is 60.7 Å². The lowest BCUT2D eigenvalue weighted by molar-refractivity contribution is 0.0975. The Labute approximate surface area is 204 Å². The van der Waals surface area contributed by atoms with Crippen molar-refractivity contribution >= 4 is 18.7 Å². The summed E-state index contributed by atoms with van der Waals surface area (Å²) in [6.07, 6.45) is 14.0. The van der Waals surface area contributed by atoms with E-state index in [9.17, 15) is 5.11 Å². The van der Waals surface area contributed by atoms with E-state index in [-0.39, 0.29) is 17.7 Å². The van der Waals surface area contributed by atoms with Crippen molar-refractivity contribution in [1.82, 2.24) is 0 Å². The van der Waals surface area contributed by atoms with Crippen LogP contribution >= 0.6 is 0 Å². The van der Waals surface area contributed by atoms with Gasteiger partial charge in [0, 0.05) is 0 Å². The summed E-state index contributed by atoms with van der Waals surface area (Å²) in [6, 6.07) is 21.5. The molecule has 0 aliphatic carbocycles. The van der Waals surface area contributed by atoms with Crippen molar-refractivity contribution in [2.45, 2.75) is 109 Å². The summed E-state index contributed by atoms with van der Waals surface area (Å²) in [5, 5.41) is 12.8. The maximum absolute atomic E-state index is 10.3. The van der Waals surface area contributed by atoms with Crippen LogP contribution in [0.4, 0.5) is 0 Å². The molecule has 0 aliphatic heterocycles. The predicted molar refractivity (Wildman–Crippen MR) is 146 cm³/mol. The Morgan fingerprint density at radius 1 is 0.697 bits per heavy atom. The summed E-state index contributed by atoms with van der Waals surface area (Å²) in [5.74, 6) is 0. The molecule has 0 saturated heterocycles. The third-order valence-electron chi connectivity index (χ3n) is 6.84. The Bertz CT molecular complexity index is 699. The summed E-state index contributed by atoms with van der Waals surface area (Å²) in [6.45, 7) is 9.26. The van der Waals surface area contributed by atoms with Crippen LogP contribution in [0, 0.1) is 0 Å². The highest BCUT2D eigenvalue weighted by Crippen LogP contribution is 2.38. The lowest BCUT2D eigenvalue weighted by Gasteiger charge is -2.45. The molecule has 184 valence electrons. The van der Waals surface area contributed by atoms with Crippen molar-refractivity contribution in [3.8, 4) is 0 Å². The smallest absolute Gasteiger partial charge is 0.261 e. The molecular formula is C30H48O2Si. The van der Waals surface area contributed by atoms with E-state index in [0.29, 0.717) is 0 Å². The highest BCUT2D eigenvalue weighted by Gasteiger charge is 2.51. The molecule has 3 heteroatoms. The van der Waals surface area contributed by atoms with Crippen LogP contribution in [0.25, 0.3) is 0 Å². The van der Waals surface area contributed by atoms with Crippen molar-refractivity contribution in [2.24, 2.45) is 0 Å². The van der Waals surface area contributed by atoms with E-state index in [1.54, 1.807) is 0 Å². The highest BCUT2D eigenvalue weighted by atomic mass is 28.4. The summed E-state index contributed by atoms with van der Waals surface area (Å²) in [5.41, 5.74) is 0. The number of unbranched alkanes of at least 4 members (excludes halogenated alkanes) is 9. The lowest BCUT2D eigenvalue weighted by Crippen LogP contribution is -2.68. The number of rotatable bonds is 16. The van der Waals surface area contributed by atoms with Gasteiger partial charge in [-0.2, -0.15) is 0 Å². The molecule has 0 fully saturated rings. The van der Waals surface area contributed by atoms with E-state index in [0.717, 1.165) is 12.8 Å². The standard InChI is InChI=1S/C30H48O2Si/c1-5-6-7-8-9-10-11-12-13-16-21-27(26-31)32-33(30(2,3)4,28-22-17-14-18-23-28)29-24-19-15-20-25-29/h14-15,17-20,22-25,27,31H,5-13,16,21,26H2,1-4H3/t27-/m0/s1. The Kier molecular flexibility index (Phi) is 12.4. The van der Waals surface area contributed by atoms with E-state index < -0.39 is 8.32 Å². The number of hydrogen-bond acceptors (Lipinski definition) is 2. The molecule has 2 aromatic rings. The first kappa shape index (κ1) is 27.8. The topological polar surface area (TPSA) is 29.5 Å². The van der Waals surface area contributed by atoms with E-state index in [1.165, 1.54) is 68.2 Å². The molecule has 0 amide bonds. The van der Waals surface area contributed by atoms with Gasteiger partial charge in [-0.05, 0) is 21.8 Å². The second-order valence-corrected chi connectivity index (χ2v) is 14.8. The van der Waals surface area contributed by atoms with Crippen molar-refractivity contribution in [3.63, 3.8) is 0 Å². The second kappa shape index (κ2) is 14.8. The fraction of sp³-hybridized carbons (Fsp3) is 0.600. The van der Waals surface area contributed by atoms with Crippen LogP contribution in [0.2, 0.25) is 5.04 Å². The third kappa shape index (κ3) is 8.38. The minimum absolute atomic E-state index is 0.0547. The Morgan fingerprint density at radius 2 is 1.12 bits per heavy atom. The van der Waals surface area contributed by atoms with Gasteiger partial charge in [0.25, 0.3) is 8.32 Å². The summed E-state index contributed by atoms with van der Waals surface area (Å²) in [4.78, 5) is 0. The molecule has 1 N–H and O–H groups in total. The quantitative estimate of drug-likeness (QED) is 0.208. The summed E-state index contributed by atoms with van der Waals surface area (Å²) in [7, 11) is -2.59. The molecule has 0 unspecified atom stereocenters. The van der Waals surface area contributed by atoms with E-state index in [2.05, 4.69) is 88.4 Å². The van der Waals surface area contributed by atoms with Crippen LogP contribution < -0.4 is 10.4 Å². The molecule has 2 nitrogen and oxygen atoms in total. The molecule has 0 heterocycles. The zero-order valence-electron chi connectivity index (χ0n) is 21.7. The number of aliphatic hydroxyl groups excluding tert-OH is 1. The van der Waals surface area contributed by atoms with Crippen LogP contribution in [0.5, 0.6) is 0 Å². The maximum atomic E-state index is 10.3. The van der Waals surface area contributed by atoms with Crippen LogP contribution in [0.1, 0.15) is 98.3 Å². The van der Waals surface area contributed by atoms with Gasteiger partial charge in [0.15, 0.2) is 0 Å². The first-order valence-electron chi connectivity index (χ1n) is 13.4. The van der Waals surface area contributed by atoms with E-state index in [4.69, 9.17) is 4.43 Å². The SMILES string of the molecule is CCCCCCCCCCCC[C@@H](CO)O[Si](c1ccccc1)(c1ccccc1)C(C)(C)C. The first-order valence-corrected chi connectivity index (χ1v) is 15.3. The normalized spacial score (nSPS) is 13.2. The van der Waals surface area contributed by atoms with Gasteiger partial charge in [-0.1, -0.05) is 153 Å². The van der Waals surface area contributed by atoms with Crippen LogP contribution in [0.3, 0.4) is 0 Å². The fourth-order valence-electron chi connectivity index (χ4n) is 4.99. The van der Waals surface area contributed by atoms with Crippen LogP contribution in [-0.2, 0) is 4.43 Å². The molecule has 0 aliphatic rings. The molecule has 33 heavy (non-hydrogen) atoms. The van der Waals surface area contributed by atoms with Gasteiger partial charge in [-0.3, -0.25) is 0 Å². The zero-order chi connectivity index (χ0) is 24.0. The largest absolute Gasteiger partial charge is 0.402 e. The van der Waals surface area contributed by atoms with Gasteiger partial charge in [-0.25, -0.2) is 0 Å². The molecule has 0 bridgehead atoms. The molecule has 2 aromatic carbocycles. The minimum Gasteiger partial charge on any atom is -0.402 e. The Hall–Kier alpha value is -1.42. The van der Waals surface area contributed by atoms with Crippen LogP contribution in [-0.4, -0.2) is 26.1 Å². The minimum atomic E-state index is -2.59. The third-order valence-corrected chi connectivity index (χ3v) is 11.9. The molecule has 1 atom stereocenters. The highest BCUT2D eigenvalue weighted by molar-refractivity contribution is 6.99. The average Bonchev–Trinajstić information content (AvgIpc) is 2.82. The molecular weight excluding hydrogens is 420 g/mol. The van der Waals surface area contributed by atoms with Crippen molar-refractivity contribution in [3.05, 3.63) is 60.7 Å². The average molecular weight is 469 g/mol. The molecule has 2 rings (SSSR count). The fourth-order valence-corrected chi connectivity index (χ4v) is 9.70. The lowest BCUT2D eigenvalue weighted by atomic mass is 10.0. The van der Waals surface area contributed by atoms with Crippen molar-refractivity contribution in [2.75, 3.05) is 6.61 Å². The van der Waals surface area contributed by atoms with Gasteiger partial charge in [-0.15, -0.1) is 0 Å². The molecule has 0 aromatic heterocycles. The summed E-state index contributed by atoms with van der Waals surface area (Å²) < 4.78 is 7.10. The molecule has 0 radical (unpaired) electrons. The van der Waals surface area contributed by atoms with Gasteiger partial charge >= 0.3 is 0 Å². The van der Waals surface area contributed by atoms with E-state index in [1.807, 2.05) is 0 Å². The molecule has 0 saturated carbocycles. The van der Waals surface area contributed by atoms with Crippen molar-refractivity contribution in [1.29, 1.82) is 0 Å². The van der Waals surface area contributed by atoms with Gasteiger partial charge in [0.2, 0.25) is 0 Å². The van der Waals surface area contributed by atoms with Gasteiger partial charge in [0.05, 0.1) is 12.7 Å². The Balaban J connectivity index is 2.02. The Morgan fingerprint density at radius 3 is 1.52 bits per heavy atom. The number of hydrogen-bond donors (Lipinski definition) is 1. The summed E-state index contributed by atoms with van der Waals surface area (Å²) >= 11 is 0. The first-order chi connectivity index (χ1) is 16.0. The number of aliphatic hydroxyl groups is 1. The maximum Gasteiger partial charge on any atom is 0.261 e. The molecule has 0 spiro atoms. The van der Waals surface area contributed by atoms with Gasteiger partial charge < -0.3 is 9.53 Å². The second-order valence-electron chi connectivity index (χ2n) is 10.6. The number of benzene rings is 2.